The van der Waals surface area contributed by atoms with Gasteiger partial charge >= 0.3 is 17.9 Å². The first-order valence-electron chi connectivity index (χ1n) is 30.5. The average molecular weight is 948 g/mol. The van der Waals surface area contributed by atoms with Gasteiger partial charge in [0.15, 0.2) is 6.10 Å². The van der Waals surface area contributed by atoms with Gasteiger partial charge in [0.25, 0.3) is 0 Å². The second-order valence-electron chi connectivity index (χ2n) is 21.0. The van der Waals surface area contributed by atoms with Gasteiger partial charge < -0.3 is 14.2 Å². The molecule has 0 spiro atoms. The molecule has 0 aliphatic rings. The van der Waals surface area contributed by atoms with Crippen LogP contribution in [0.1, 0.15) is 355 Å². The molecule has 0 bridgehead atoms. The Morgan fingerprint density at radius 1 is 0.239 bits per heavy atom. The minimum atomic E-state index is -0.759. The molecule has 0 heterocycles. The first-order valence-corrected chi connectivity index (χ1v) is 30.5. The Morgan fingerprint density at radius 2 is 0.403 bits per heavy atom. The molecule has 398 valence electrons. The third-order valence-electron chi connectivity index (χ3n) is 14.1. The molecule has 0 aromatic heterocycles. The van der Waals surface area contributed by atoms with Crippen LogP contribution in [0.2, 0.25) is 0 Å². The fraction of sp³-hybridized carbons (Fsp3) is 0.951. The van der Waals surface area contributed by atoms with Crippen molar-refractivity contribution in [2.75, 3.05) is 13.2 Å². The van der Waals surface area contributed by atoms with E-state index in [0.717, 1.165) is 64.2 Å². The van der Waals surface area contributed by atoms with Crippen LogP contribution in [0.15, 0.2) is 0 Å². The number of carbonyl (C=O) groups is 3. The van der Waals surface area contributed by atoms with Crippen molar-refractivity contribution in [2.45, 2.75) is 361 Å². The number of unbranched alkanes of at least 4 members (excludes halogenated alkanes) is 46. The summed E-state index contributed by atoms with van der Waals surface area (Å²) >= 11 is 0. The van der Waals surface area contributed by atoms with Gasteiger partial charge in [0, 0.05) is 19.3 Å². The summed E-state index contributed by atoms with van der Waals surface area (Å²) in [5.74, 6) is -0.851. The molecule has 0 rings (SSSR count). The van der Waals surface area contributed by atoms with E-state index in [1.54, 1.807) is 0 Å². The fourth-order valence-electron chi connectivity index (χ4n) is 9.51. The Morgan fingerprint density at radius 3 is 0.597 bits per heavy atom. The lowest BCUT2D eigenvalue weighted by atomic mass is 10.0. The van der Waals surface area contributed by atoms with E-state index in [0.29, 0.717) is 19.3 Å². The van der Waals surface area contributed by atoms with Crippen molar-refractivity contribution in [3.8, 4) is 0 Å². The molecular weight excluding hydrogens is 829 g/mol. The smallest absolute Gasteiger partial charge is 0.306 e. The molecule has 0 amide bonds. The number of carbonyl (C=O) groups excluding carboxylic acids is 3. The average Bonchev–Trinajstić information content (AvgIpc) is 3.33. The highest BCUT2D eigenvalue weighted by atomic mass is 16.6. The number of ether oxygens (including phenoxy) is 3. The van der Waals surface area contributed by atoms with Gasteiger partial charge in [-0.05, 0) is 19.3 Å². The van der Waals surface area contributed by atoms with Crippen LogP contribution >= 0.6 is 0 Å². The zero-order chi connectivity index (χ0) is 48.6. The van der Waals surface area contributed by atoms with E-state index in [2.05, 4.69) is 20.8 Å². The van der Waals surface area contributed by atoms with Gasteiger partial charge in [-0.2, -0.15) is 0 Å². The normalized spacial score (nSPS) is 11.9. The van der Waals surface area contributed by atoms with E-state index >= 15 is 0 Å². The van der Waals surface area contributed by atoms with Crippen molar-refractivity contribution >= 4 is 17.9 Å². The van der Waals surface area contributed by atoms with Crippen LogP contribution < -0.4 is 0 Å². The maximum atomic E-state index is 12.8. The van der Waals surface area contributed by atoms with Crippen LogP contribution in [-0.4, -0.2) is 37.2 Å². The van der Waals surface area contributed by atoms with Crippen LogP contribution in [0.3, 0.4) is 0 Å². The van der Waals surface area contributed by atoms with Crippen LogP contribution in [-0.2, 0) is 28.6 Å². The minimum Gasteiger partial charge on any atom is -0.462 e. The maximum absolute atomic E-state index is 12.8. The van der Waals surface area contributed by atoms with Crippen LogP contribution in [0, 0.1) is 0 Å². The Bertz CT molecular complexity index is 998. The van der Waals surface area contributed by atoms with E-state index < -0.39 is 6.10 Å². The fourth-order valence-corrected chi connectivity index (χ4v) is 9.51. The van der Waals surface area contributed by atoms with Gasteiger partial charge in [0.1, 0.15) is 13.2 Å². The predicted octanol–water partition coefficient (Wildman–Crippen LogP) is 20.3. The van der Waals surface area contributed by atoms with Gasteiger partial charge in [0.2, 0.25) is 0 Å². The Balaban J connectivity index is 3.92. The topological polar surface area (TPSA) is 78.9 Å². The lowest BCUT2D eigenvalue weighted by molar-refractivity contribution is -0.167. The SMILES string of the molecule is CCCCCCCCCCCCCCCCCCCCCCCCCCCCCCC(=O)OCC(COC(=O)CCCCCCC)OC(=O)CCCCCCCCCCCCCCCCCC. The molecule has 0 N–H and O–H groups in total. The lowest BCUT2D eigenvalue weighted by Gasteiger charge is -2.18. The van der Waals surface area contributed by atoms with Gasteiger partial charge in [-0.15, -0.1) is 0 Å². The van der Waals surface area contributed by atoms with E-state index in [-0.39, 0.29) is 31.1 Å². The number of hydrogen-bond acceptors (Lipinski definition) is 6. The van der Waals surface area contributed by atoms with Crippen molar-refractivity contribution in [3.63, 3.8) is 0 Å². The molecule has 1 unspecified atom stereocenters. The van der Waals surface area contributed by atoms with Crippen molar-refractivity contribution in [1.82, 2.24) is 0 Å². The van der Waals surface area contributed by atoms with Gasteiger partial charge in [-0.3, -0.25) is 14.4 Å². The van der Waals surface area contributed by atoms with Crippen molar-refractivity contribution in [1.29, 1.82) is 0 Å². The molecule has 0 fully saturated rings. The number of hydrogen-bond donors (Lipinski definition) is 0. The summed E-state index contributed by atoms with van der Waals surface area (Å²) in [5.41, 5.74) is 0. The summed E-state index contributed by atoms with van der Waals surface area (Å²) in [4.78, 5) is 37.8. The molecule has 6 nitrogen and oxygen atoms in total. The molecule has 0 aliphatic heterocycles. The molecule has 1 atom stereocenters. The number of esters is 3. The van der Waals surface area contributed by atoms with E-state index in [4.69, 9.17) is 14.2 Å². The van der Waals surface area contributed by atoms with Crippen LogP contribution in [0.4, 0.5) is 0 Å². The molecule has 0 aliphatic carbocycles. The van der Waals surface area contributed by atoms with Gasteiger partial charge in [-0.25, -0.2) is 0 Å². The molecule has 0 aromatic rings. The second kappa shape index (κ2) is 57.0. The molecule has 0 radical (unpaired) electrons. The summed E-state index contributed by atoms with van der Waals surface area (Å²) in [5, 5.41) is 0. The number of rotatable bonds is 57. The zero-order valence-electron chi connectivity index (χ0n) is 45.7. The van der Waals surface area contributed by atoms with E-state index in [1.165, 1.54) is 250 Å². The van der Waals surface area contributed by atoms with E-state index in [1.807, 2.05) is 0 Å². The summed E-state index contributed by atoms with van der Waals surface area (Å²) in [6.07, 6.45) is 64.5. The molecule has 6 heteroatoms. The summed E-state index contributed by atoms with van der Waals surface area (Å²) < 4.78 is 16.7. The largest absolute Gasteiger partial charge is 0.462 e. The standard InChI is InChI=1S/C61H118O6/c1-4-7-10-13-15-17-19-21-23-25-26-27-28-29-30-31-32-33-34-35-36-38-39-41-43-45-48-51-54-60(63)66-57-58(56-65-59(62)53-50-47-12-9-6-3)67-61(64)55-52-49-46-44-42-40-37-24-22-20-18-16-14-11-8-5-2/h58H,4-57H2,1-3H3. The Kier molecular flexibility index (Phi) is 55.6. The predicted molar refractivity (Wildman–Crippen MR) is 289 cm³/mol. The van der Waals surface area contributed by atoms with Gasteiger partial charge in [-0.1, -0.05) is 316 Å². The van der Waals surface area contributed by atoms with Crippen molar-refractivity contribution in [3.05, 3.63) is 0 Å². The van der Waals surface area contributed by atoms with Gasteiger partial charge in [0.05, 0.1) is 0 Å². The highest BCUT2D eigenvalue weighted by Gasteiger charge is 2.19. The first kappa shape index (κ1) is 65.4. The molecule has 0 aromatic carbocycles. The van der Waals surface area contributed by atoms with Crippen molar-refractivity contribution in [2.24, 2.45) is 0 Å². The monoisotopic (exact) mass is 947 g/mol. The molecule has 67 heavy (non-hydrogen) atoms. The summed E-state index contributed by atoms with van der Waals surface area (Å²) in [6, 6.07) is 0. The Hall–Kier alpha value is -1.59. The van der Waals surface area contributed by atoms with Crippen LogP contribution in [0.25, 0.3) is 0 Å². The Labute approximate surface area is 418 Å². The quantitative estimate of drug-likeness (QED) is 0.0343. The summed E-state index contributed by atoms with van der Waals surface area (Å²) in [7, 11) is 0. The van der Waals surface area contributed by atoms with Crippen LogP contribution in [0.5, 0.6) is 0 Å². The third-order valence-corrected chi connectivity index (χ3v) is 14.1. The highest BCUT2D eigenvalue weighted by Crippen LogP contribution is 2.18. The lowest BCUT2D eigenvalue weighted by Crippen LogP contribution is -2.30. The van der Waals surface area contributed by atoms with E-state index in [9.17, 15) is 14.4 Å². The zero-order valence-corrected chi connectivity index (χ0v) is 45.7. The molecule has 0 saturated heterocycles. The third kappa shape index (κ3) is 55.2. The summed E-state index contributed by atoms with van der Waals surface area (Å²) in [6.45, 7) is 6.63. The molecular formula is C61H118O6. The van der Waals surface area contributed by atoms with Crippen molar-refractivity contribution < 1.29 is 28.6 Å². The highest BCUT2D eigenvalue weighted by molar-refractivity contribution is 5.71. The second-order valence-corrected chi connectivity index (χ2v) is 21.0. The minimum absolute atomic E-state index is 0.0626. The first-order chi connectivity index (χ1) is 33.0. The maximum Gasteiger partial charge on any atom is 0.306 e. The molecule has 0 saturated carbocycles.